The molecule has 0 spiro atoms. The zero-order chi connectivity index (χ0) is 13.8. The van der Waals surface area contributed by atoms with Gasteiger partial charge in [-0.3, -0.25) is 10.1 Å². The fourth-order valence-electron chi connectivity index (χ4n) is 1.81. The second-order valence-corrected chi connectivity index (χ2v) is 4.64. The first-order chi connectivity index (χ1) is 9.08. The van der Waals surface area contributed by atoms with Crippen molar-refractivity contribution in [2.45, 2.75) is 13.5 Å². The van der Waals surface area contributed by atoms with Gasteiger partial charge in [0.2, 0.25) is 0 Å². The van der Waals surface area contributed by atoms with Crippen LogP contribution in [0.2, 0.25) is 5.02 Å². The average Bonchev–Trinajstić information content (AvgIpc) is 2.40. The highest BCUT2D eigenvalue weighted by Crippen LogP contribution is 2.23. The molecule has 1 N–H and O–H groups in total. The molecule has 5 heteroatoms. The molecule has 0 fully saturated rings. The summed E-state index contributed by atoms with van der Waals surface area (Å²) in [4.78, 5) is 10.5. The molecule has 0 aliphatic rings. The number of anilines is 1. The Labute approximate surface area is 116 Å². The van der Waals surface area contributed by atoms with Crippen molar-refractivity contribution in [3.8, 4) is 0 Å². The number of rotatable bonds is 4. The van der Waals surface area contributed by atoms with Crippen LogP contribution >= 0.6 is 11.6 Å². The highest BCUT2D eigenvalue weighted by molar-refractivity contribution is 6.30. The van der Waals surface area contributed by atoms with Crippen molar-refractivity contribution in [1.29, 1.82) is 0 Å². The lowest BCUT2D eigenvalue weighted by molar-refractivity contribution is -0.385. The molecule has 0 radical (unpaired) electrons. The van der Waals surface area contributed by atoms with Crippen molar-refractivity contribution < 1.29 is 4.92 Å². The van der Waals surface area contributed by atoms with Gasteiger partial charge in [0, 0.05) is 28.9 Å². The molecule has 0 saturated heterocycles. The molecule has 0 bridgehead atoms. The lowest BCUT2D eigenvalue weighted by atomic mass is 10.1. The van der Waals surface area contributed by atoms with E-state index in [9.17, 15) is 10.1 Å². The van der Waals surface area contributed by atoms with Crippen LogP contribution in [-0.2, 0) is 6.54 Å². The molecule has 0 aliphatic heterocycles. The Bertz CT molecular complexity index is 614. The van der Waals surface area contributed by atoms with E-state index in [1.807, 2.05) is 25.1 Å². The first-order valence-electron chi connectivity index (χ1n) is 5.80. The highest BCUT2D eigenvalue weighted by atomic mass is 35.5. The van der Waals surface area contributed by atoms with Gasteiger partial charge in [0.05, 0.1) is 4.92 Å². The number of nitrogens with zero attached hydrogens (tertiary/aromatic N) is 1. The van der Waals surface area contributed by atoms with Gasteiger partial charge in [0.1, 0.15) is 0 Å². The van der Waals surface area contributed by atoms with Crippen LogP contribution < -0.4 is 5.32 Å². The Morgan fingerprint density at radius 2 is 2.00 bits per heavy atom. The third-order valence-electron chi connectivity index (χ3n) is 2.86. The predicted octanol–water partition coefficient (Wildman–Crippen LogP) is 4.17. The Hall–Kier alpha value is -2.07. The maximum atomic E-state index is 10.9. The number of hydrogen-bond acceptors (Lipinski definition) is 3. The first-order valence-corrected chi connectivity index (χ1v) is 6.18. The maximum absolute atomic E-state index is 10.9. The number of aryl methyl sites for hydroxylation is 1. The van der Waals surface area contributed by atoms with Crippen LogP contribution in [0.15, 0.2) is 42.5 Å². The number of halogens is 1. The number of nitro benzene ring substituents is 1. The molecular weight excluding hydrogens is 264 g/mol. The molecule has 98 valence electrons. The van der Waals surface area contributed by atoms with Crippen LogP contribution in [0, 0.1) is 17.0 Å². The summed E-state index contributed by atoms with van der Waals surface area (Å²) in [6.45, 7) is 2.34. The van der Waals surface area contributed by atoms with E-state index >= 15 is 0 Å². The first kappa shape index (κ1) is 13.4. The Kier molecular flexibility index (Phi) is 4.02. The number of nitrogens with one attached hydrogen (secondary N) is 1. The summed E-state index contributed by atoms with van der Waals surface area (Å²) in [5.74, 6) is 0. The zero-order valence-corrected chi connectivity index (χ0v) is 11.1. The molecule has 0 aromatic heterocycles. The molecule has 0 atom stereocenters. The monoisotopic (exact) mass is 276 g/mol. The van der Waals surface area contributed by atoms with Crippen molar-refractivity contribution in [3.05, 3.63) is 68.7 Å². The molecule has 0 saturated carbocycles. The molecule has 2 aromatic rings. The van der Waals surface area contributed by atoms with E-state index < -0.39 is 0 Å². The number of benzene rings is 2. The number of nitro groups is 1. The summed E-state index contributed by atoms with van der Waals surface area (Å²) in [5.41, 5.74) is 2.69. The summed E-state index contributed by atoms with van der Waals surface area (Å²) < 4.78 is 0. The fourth-order valence-corrected chi connectivity index (χ4v) is 1.99. The van der Waals surface area contributed by atoms with Crippen LogP contribution in [0.3, 0.4) is 0 Å². The van der Waals surface area contributed by atoms with Gasteiger partial charge in [-0.2, -0.15) is 0 Å². The highest BCUT2D eigenvalue weighted by Gasteiger charge is 2.12. The van der Waals surface area contributed by atoms with Gasteiger partial charge in [-0.05, 0) is 24.6 Å². The van der Waals surface area contributed by atoms with Gasteiger partial charge < -0.3 is 5.32 Å². The van der Waals surface area contributed by atoms with Crippen molar-refractivity contribution >= 4 is 23.0 Å². The minimum Gasteiger partial charge on any atom is -0.380 e. The lowest BCUT2D eigenvalue weighted by Crippen LogP contribution is -2.04. The van der Waals surface area contributed by atoms with Crippen molar-refractivity contribution in [2.75, 3.05) is 5.32 Å². The largest absolute Gasteiger partial charge is 0.380 e. The Morgan fingerprint density at radius 3 is 2.74 bits per heavy atom. The summed E-state index contributed by atoms with van der Waals surface area (Å²) in [6, 6.07) is 12.2. The summed E-state index contributed by atoms with van der Waals surface area (Å²) >= 11 is 5.93. The second kappa shape index (κ2) is 5.71. The van der Waals surface area contributed by atoms with E-state index in [-0.39, 0.29) is 10.6 Å². The summed E-state index contributed by atoms with van der Waals surface area (Å²) in [6.07, 6.45) is 0. The number of hydrogen-bond donors (Lipinski definition) is 1. The maximum Gasteiger partial charge on any atom is 0.274 e. The molecule has 0 heterocycles. The van der Waals surface area contributed by atoms with Gasteiger partial charge in [0.25, 0.3) is 5.69 Å². The third-order valence-corrected chi connectivity index (χ3v) is 3.09. The minimum atomic E-state index is -0.373. The Balaban J connectivity index is 2.19. The van der Waals surface area contributed by atoms with Crippen molar-refractivity contribution in [3.63, 3.8) is 0 Å². The molecule has 4 nitrogen and oxygen atoms in total. The minimum absolute atomic E-state index is 0.120. The number of para-hydroxylation sites is 1. The van der Waals surface area contributed by atoms with E-state index in [2.05, 4.69) is 5.32 Å². The fraction of sp³-hybridized carbons (Fsp3) is 0.143. The van der Waals surface area contributed by atoms with Crippen LogP contribution in [0.4, 0.5) is 11.4 Å². The summed E-state index contributed by atoms with van der Waals surface area (Å²) in [5, 5.41) is 14.7. The van der Waals surface area contributed by atoms with E-state index in [1.54, 1.807) is 18.2 Å². The summed E-state index contributed by atoms with van der Waals surface area (Å²) in [7, 11) is 0. The molecule has 2 aromatic carbocycles. The molecule has 19 heavy (non-hydrogen) atoms. The van der Waals surface area contributed by atoms with Gasteiger partial charge in [-0.15, -0.1) is 0 Å². The van der Waals surface area contributed by atoms with E-state index in [1.165, 1.54) is 6.07 Å². The average molecular weight is 277 g/mol. The van der Waals surface area contributed by atoms with Gasteiger partial charge in [0.15, 0.2) is 0 Å². The predicted molar refractivity (Wildman–Crippen MR) is 76.6 cm³/mol. The van der Waals surface area contributed by atoms with E-state index in [4.69, 9.17) is 11.6 Å². The molecule has 0 unspecified atom stereocenters. The second-order valence-electron chi connectivity index (χ2n) is 4.20. The van der Waals surface area contributed by atoms with E-state index in [0.717, 1.165) is 11.3 Å². The molecule has 0 aliphatic carbocycles. The Morgan fingerprint density at radius 1 is 1.26 bits per heavy atom. The molecule has 2 rings (SSSR count). The van der Waals surface area contributed by atoms with Crippen LogP contribution in [0.5, 0.6) is 0 Å². The smallest absolute Gasteiger partial charge is 0.274 e. The van der Waals surface area contributed by atoms with Crippen molar-refractivity contribution in [1.82, 2.24) is 0 Å². The van der Waals surface area contributed by atoms with E-state index in [0.29, 0.717) is 17.1 Å². The van der Waals surface area contributed by atoms with Crippen LogP contribution in [0.25, 0.3) is 0 Å². The quantitative estimate of drug-likeness (QED) is 0.673. The van der Waals surface area contributed by atoms with Gasteiger partial charge in [-0.1, -0.05) is 35.9 Å². The zero-order valence-electron chi connectivity index (χ0n) is 10.4. The van der Waals surface area contributed by atoms with Crippen LogP contribution in [0.1, 0.15) is 11.1 Å². The topological polar surface area (TPSA) is 55.2 Å². The lowest BCUT2D eigenvalue weighted by Gasteiger charge is -2.10. The standard InChI is InChI=1S/C14H13ClN2O2/c1-10-6-7-12(15)8-13(10)16-9-11-4-2-3-5-14(11)17(18)19/h2-8,16H,9H2,1H3. The SMILES string of the molecule is Cc1ccc(Cl)cc1NCc1ccccc1[N+](=O)[O-]. The van der Waals surface area contributed by atoms with Gasteiger partial charge in [-0.25, -0.2) is 0 Å². The van der Waals surface area contributed by atoms with Gasteiger partial charge >= 0.3 is 0 Å². The third kappa shape index (κ3) is 3.23. The normalized spacial score (nSPS) is 10.2. The van der Waals surface area contributed by atoms with Crippen LogP contribution in [-0.4, -0.2) is 4.92 Å². The van der Waals surface area contributed by atoms with Crippen molar-refractivity contribution in [2.24, 2.45) is 0 Å². The molecular formula is C14H13ClN2O2. The molecule has 0 amide bonds.